The third-order valence-electron chi connectivity index (χ3n) is 3.87. The summed E-state index contributed by atoms with van der Waals surface area (Å²) in [4.78, 5) is 5.24. The number of rotatable bonds is 5. The second kappa shape index (κ2) is 9.03. The number of nitrogens with zero attached hydrogens (tertiary/aromatic N) is 2. The molecule has 2 aromatic carbocycles. The molecule has 0 aliphatic carbocycles. The van der Waals surface area contributed by atoms with Crippen molar-refractivity contribution in [2.75, 3.05) is 0 Å². The molecule has 0 radical (unpaired) electrons. The molecular formula is C22H21ClN2OS2. The lowest BCUT2D eigenvalue weighted by molar-refractivity contribution is 0.651. The van der Waals surface area contributed by atoms with Crippen LogP contribution in [0.15, 0.2) is 81.2 Å². The molecule has 1 atom stereocenters. The third kappa shape index (κ3) is 5.10. The Balaban J connectivity index is 2.07. The van der Waals surface area contributed by atoms with E-state index in [0.29, 0.717) is 5.02 Å². The molecule has 1 unspecified atom stereocenters. The van der Waals surface area contributed by atoms with Crippen molar-refractivity contribution in [2.24, 2.45) is 4.40 Å². The Labute approximate surface area is 177 Å². The van der Waals surface area contributed by atoms with Crippen LogP contribution >= 0.6 is 23.4 Å². The highest BCUT2D eigenvalue weighted by Crippen LogP contribution is 2.40. The van der Waals surface area contributed by atoms with Gasteiger partial charge in [-0.1, -0.05) is 71.9 Å². The molecule has 0 aliphatic rings. The largest absolute Gasteiger partial charge is 0.250 e. The van der Waals surface area contributed by atoms with Gasteiger partial charge in [0.2, 0.25) is 0 Å². The summed E-state index contributed by atoms with van der Waals surface area (Å²) in [6.07, 6.45) is 3.40. The highest BCUT2D eigenvalue weighted by atomic mass is 35.5. The number of pyridine rings is 1. The molecule has 0 fully saturated rings. The molecule has 0 amide bonds. The smallest absolute Gasteiger partial charge is 0.144 e. The first-order chi connectivity index (χ1) is 13.4. The summed E-state index contributed by atoms with van der Waals surface area (Å²) in [5, 5.41) is 1.47. The van der Waals surface area contributed by atoms with Crippen LogP contribution in [0.5, 0.6) is 0 Å². The Morgan fingerprint density at radius 2 is 1.75 bits per heavy atom. The minimum absolute atomic E-state index is 0.418. The fraction of sp³-hybridized carbons (Fsp3) is 0.182. The van der Waals surface area contributed by atoms with E-state index in [9.17, 15) is 4.21 Å². The summed E-state index contributed by atoms with van der Waals surface area (Å²) in [5.74, 6) is 0. The van der Waals surface area contributed by atoms with Crippen molar-refractivity contribution in [2.45, 2.75) is 35.4 Å². The molecule has 0 bridgehead atoms. The Kier molecular flexibility index (Phi) is 6.70. The molecule has 0 saturated carbocycles. The van der Waals surface area contributed by atoms with Crippen molar-refractivity contribution in [1.29, 1.82) is 0 Å². The van der Waals surface area contributed by atoms with Crippen molar-refractivity contribution in [3.8, 4) is 11.1 Å². The molecule has 0 aliphatic heterocycles. The van der Waals surface area contributed by atoms with Crippen LogP contribution in [0.3, 0.4) is 0 Å². The SMILES string of the molecule is CC(C)(C)S(=O)/N=C\c1ccc(-c2ccccc2)c(Cl)c1Sc1ccccn1. The highest BCUT2D eigenvalue weighted by molar-refractivity contribution is 7.99. The second-order valence-corrected chi connectivity index (χ2v) is 10.4. The van der Waals surface area contributed by atoms with Gasteiger partial charge in [0.25, 0.3) is 0 Å². The Hall–Kier alpha value is -1.95. The van der Waals surface area contributed by atoms with Crippen molar-refractivity contribution in [3.05, 3.63) is 77.4 Å². The average molecular weight is 429 g/mol. The maximum atomic E-state index is 12.3. The van der Waals surface area contributed by atoms with Gasteiger partial charge in [0.15, 0.2) is 0 Å². The number of hydrogen-bond donors (Lipinski definition) is 0. The Morgan fingerprint density at radius 3 is 2.39 bits per heavy atom. The molecular weight excluding hydrogens is 408 g/mol. The maximum absolute atomic E-state index is 12.3. The summed E-state index contributed by atoms with van der Waals surface area (Å²) in [6, 6.07) is 19.7. The summed E-state index contributed by atoms with van der Waals surface area (Å²) >= 11 is 8.29. The third-order valence-corrected chi connectivity index (χ3v) is 6.81. The Morgan fingerprint density at radius 1 is 1.04 bits per heavy atom. The van der Waals surface area contributed by atoms with Gasteiger partial charge in [0.05, 0.1) is 9.77 Å². The topological polar surface area (TPSA) is 42.3 Å². The summed E-state index contributed by atoms with van der Waals surface area (Å²) in [5.41, 5.74) is 2.80. The summed E-state index contributed by atoms with van der Waals surface area (Å²) in [7, 11) is -1.34. The van der Waals surface area contributed by atoms with Crippen LogP contribution in [-0.2, 0) is 11.0 Å². The van der Waals surface area contributed by atoms with Crippen LogP contribution in [0.4, 0.5) is 0 Å². The molecule has 0 N–H and O–H groups in total. The van der Waals surface area contributed by atoms with Crippen molar-refractivity contribution in [1.82, 2.24) is 4.98 Å². The normalized spacial score (nSPS) is 13.0. The van der Waals surface area contributed by atoms with Gasteiger partial charge in [-0.2, -0.15) is 4.40 Å². The van der Waals surface area contributed by atoms with Crippen LogP contribution in [0.25, 0.3) is 11.1 Å². The van der Waals surface area contributed by atoms with Crippen LogP contribution in [-0.4, -0.2) is 20.2 Å². The number of aromatic nitrogens is 1. The van der Waals surface area contributed by atoms with E-state index >= 15 is 0 Å². The molecule has 3 rings (SSSR count). The quantitative estimate of drug-likeness (QED) is 0.439. The number of halogens is 1. The first kappa shape index (κ1) is 20.8. The number of hydrogen-bond acceptors (Lipinski definition) is 3. The number of benzene rings is 2. The van der Waals surface area contributed by atoms with Crippen molar-refractivity contribution >= 4 is 40.6 Å². The van der Waals surface area contributed by atoms with Crippen LogP contribution in [0.2, 0.25) is 5.02 Å². The van der Waals surface area contributed by atoms with Crippen LogP contribution < -0.4 is 0 Å². The predicted molar refractivity (Wildman–Crippen MR) is 121 cm³/mol. The van der Waals surface area contributed by atoms with E-state index in [1.807, 2.05) is 81.4 Å². The van der Waals surface area contributed by atoms with Gasteiger partial charge in [-0.05, 0) is 38.5 Å². The van der Waals surface area contributed by atoms with E-state index < -0.39 is 15.7 Å². The van der Waals surface area contributed by atoms with Crippen LogP contribution in [0.1, 0.15) is 26.3 Å². The lowest BCUT2D eigenvalue weighted by atomic mass is 10.0. The zero-order valence-corrected chi connectivity index (χ0v) is 18.3. The molecule has 28 heavy (non-hydrogen) atoms. The van der Waals surface area contributed by atoms with Crippen LogP contribution in [0, 0.1) is 0 Å². The van der Waals surface area contributed by atoms with Gasteiger partial charge in [-0.3, -0.25) is 0 Å². The minimum Gasteiger partial charge on any atom is -0.250 e. The summed E-state index contributed by atoms with van der Waals surface area (Å²) < 4.78 is 16.2. The van der Waals surface area contributed by atoms with E-state index in [0.717, 1.165) is 26.6 Å². The van der Waals surface area contributed by atoms with E-state index in [-0.39, 0.29) is 0 Å². The van der Waals surface area contributed by atoms with Crippen molar-refractivity contribution in [3.63, 3.8) is 0 Å². The first-order valence-corrected chi connectivity index (χ1v) is 11.1. The molecule has 144 valence electrons. The molecule has 1 aromatic heterocycles. The van der Waals surface area contributed by atoms with E-state index in [2.05, 4.69) is 9.38 Å². The monoisotopic (exact) mass is 428 g/mol. The van der Waals surface area contributed by atoms with Gasteiger partial charge < -0.3 is 0 Å². The zero-order valence-electron chi connectivity index (χ0n) is 15.9. The fourth-order valence-electron chi connectivity index (χ4n) is 2.39. The molecule has 1 heterocycles. The molecule has 3 nitrogen and oxygen atoms in total. The van der Waals surface area contributed by atoms with Crippen molar-refractivity contribution < 1.29 is 4.21 Å². The predicted octanol–water partition coefficient (Wildman–Crippen LogP) is 6.43. The van der Waals surface area contributed by atoms with E-state index in [4.69, 9.17) is 11.6 Å². The highest BCUT2D eigenvalue weighted by Gasteiger charge is 2.19. The molecule has 0 saturated heterocycles. The van der Waals surface area contributed by atoms with Gasteiger partial charge in [0, 0.05) is 28.4 Å². The first-order valence-electron chi connectivity index (χ1n) is 8.79. The van der Waals surface area contributed by atoms with E-state index in [1.165, 1.54) is 11.8 Å². The van der Waals surface area contributed by atoms with Gasteiger partial charge in [0.1, 0.15) is 16.0 Å². The average Bonchev–Trinajstić information content (AvgIpc) is 2.69. The fourth-order valence-corrected chi connectivity index (χ4v) is 4.22. The minimum atomic E-state index is -1.34. The van der Waals surface area contributed by atoms with E-state index in [1.54, 1.807) is 12.4 Å². The lowest BCUT2D eigenvalue weighted by Gasteiger charge is -2.14. The maximum Gasteiger partial charge on any atom is 0.144 e. The van der Waals surface area contributed by atoms with Gasteiger partial charge in [-0.25, -0.2) is 9.19 Å². The summed E-state index contributed by atoms with van der Waals surface area (Å²) in [6.45, 7) is 5.69. The van der Waals surface area contributed by atoms with Gasteiger partial charge in [-0.15, -0.1) is 0 Å². The van der Waals surface area contributed by atoms with Gasteiger partial charge >= 0.3 is 0 Å². The second-order valence-electron chi connectivity index (χ2n) is 7.08. The Bertz CT molecular complexity index is 1000. The molecule has 6 heteroatoms. The molecule has 0 spiro atoms. The lowest BCUT2D eigenvalue weighted by Crippen LogP contribution is -2.19. The zero-order chi connectivity index (χ0) is 20.1. The standard InChI is InChI=1S/C22H21ClN2OS2/c1-22(2,3)28(26)25-15-17-12-13-18(16-9-5-4-6-10-16)20(23)21(17)27-19-11-7-8-14-24-19/h4-15H,1-3H3/b25-15-. The molecule has 3 aromatic rings.